The summed E-state index contributed by atoms with van der Waals surface area (Å²) in [5.41, 5.74) is 1.35. The van der Waals surface area contributed by atoms with Crippen molar-refractivity contribution in [1.82, 2.24) is 0 Å². The Balaban J connectivity index is 2.58. The Morgan fingerprint density at radius 3 is 2.59 bits per heavy atom. The van der Waals surface area contributed by atoms with Crippen LogP contribution in [0, 0.1) is 8.99 Å². The molecule has 1 atom stereocenters. The Bertz CT molecular complexity index is 371. The van der Waals surface area contributed by atoms with Crippen molar-refractivity contribution in [2.24, 2.45) is 5.41 Å². The third kappa shape index (κ3) is 5.71. The molecule has 0 aliphatic carbocycles. The lowest BCUT2D eigenvalue weighted by Crippen LogP contribution is -2.06. The van der Waals surface area contributed by atoms with Gasteiger partial charge in [-0.1, -0.05) is 43.1 Å². The zero-order valence-corrected chi connectivity index (χ0v) is 14.4. The standard InChI is InChI=1S/C14H20BrIO/c1-14(2,3)8-4-5-13(17)11-9-10(16)6-7-12(11)15/h6-7,9,13,17H,4-5,8H2,1-3H3. The molecule has 1 aromatic carbocycles. The van der Waals surface area contributed by atoms with Crippen molar-refractivity contribution >= 4 is 38.5 Å². The molecule has 1 unspecified atom stereocenters. The highest BCUT2D eigenvalue weighted by Crippen LogP contribution is 2.30. The summed E-state index contributed by atoms with van der Waals surface area (Å²) in [4.78, 5) is 0. The molecule has 3 heteroatoms. The summed E-state index contributed by atoms with van der Waals surface area (Å²) in [5, 5.41) is 10.2. The van der Waals surface area contributed by atoms with E-state index in [2.05, 4.69) is 59.3 Å². The first kappa shape index (κ1) is 15.4. The van der Waals surface area contributed by atoms with Crippen molar-refractivity contribution in [2.75, 3.05) is 0 Å². The quantitative estimate of drug-likeness (QED) is 0.667. The fraction of sp³-hybridized carbons (Fsp3) is 0.571. The lowest BCUT2D eigenvalue weighted by molar-refractivity contribution is 0.157. The highest BCUT2D eigenvalue weighted by Gasteiger charge is 2.14. The van der Waals surface area contributed by atoms with Crippen LogP contribution in [-0.4, -0.2) is 5.11 Å². The third-order valence-corrected chi connectivity index (χ3v) is 4.11. The van der Waals surface area contributed by atoms with Crippen LogP contribution >= 0.6 is 38.5 Å². The summed E-state index contributed by atoms with van der Waals surface area (Å²) in [5.74, 6) is 0. The first-order chi connectivity index (χ1) is 7.79. The van der Waals surface area contributed by atoms with Gasteiger partial charge in [-0.15, -0.1) is 0 Å². The van der Waals surface area contributed by atoms with Gasteiger partial charge < -0.3 is 5.11 Å². The van der Waals surface area contributed by atoms with Crippen molar-refractivity contribution in [3.63, 3.8) is 0 Å². The van der Waals surface area contributed by atoms with Crippen LogP contribution in [0.3, 0.4) is 0 Å². The number of halogens is 2. The van der Waals surface area contributed by atoms with Crippen LogP contribution in [0.4, 0.5) is 0 Å². The third-order valence-electron chi connectivity index (χ3n) is 2.72. The van der Waals surface area contributed by atoms with Gasteiger partial charge in [0.05, 0.1) is 6.10 Å². The monoisotopic (exact) mass is 410 g/mol. The highest BCUT2D eigenvalue weighted by molar-refractivity contribution is 14.1. The minimum atomic E-state index is -0.360. The molecule has 0 aliphatic rings. The zero-order valence-electron chi connectivity index (χ0n) is 10.6. The van der Waals surface area contributed by atoms with E-state index in [1.807, 2.05) is 18.2 Å². The Kier molecular flexibility index (Phi) is 5.93. The van der Waals surface area contributed by atoms with Crippen LogP contribution in [0.1, 0.15) is 51.7 Å². The van der Waals surface area contributed by atoms with Gasteiger partial charge in [0.1, 0.15) is 0 Å². The highest BCUT2D eigenvalue weighted by atomic mass is 127. The molecule has 0 amide bonds. The van der Waals surface area contributed by atoms with Crippen molar-refractivity contribution in [1.29, 1.82) is 0 Å². The maximum atomic E-state index is 10.2. The topological polar surface area (TPSA) is 20.2 Å². The molecule has 0 aromatic heterocycles. The average molecular weight is 411 g/mol. The minimum absolute atomic E-state index is 0.349. The predicted octanol–water partition coefficient (Wildman–Crippen LogP) is 5.30. The van der Waals surface area contributed by atoms with E-state index < -0.39 is 0 Å². The van der Waals surface area contributed by atoms with Crippen molar-refractivity contribution in [3.05, 3.63) is 31.8 Å². The van der Waals surface area contributed by atoms with Crippen LogP contribution in [0.5, 0.6) is 0 Å². The molecule has 1 rings (SSSR count). The number of aliphatic hydroxyl groups excluding tert-OH is 1. The van der Waals surface area contributed by atoms with E-state index in [4.69, 9.17) is 0 Å². The summed E-state index contributed by atoms with van der Waals surface area (Å²) in [6.07, 6.45) is 2.67. The molecule has 1 aromatic rings. The van der Waals surface area contributed by atoms with E-state index in [0.717, 1.165) is 32.9 Å². The second kappa shape index (κ2) is 6.53. The maximum absolute atomic E-state index is 10.2. The number of benzene rings is 1. The first-order valence-corrected chi connectivity index (χ1v) is 7.80. The van der Waals surface area contributed by atoms with Gasteiger partial charge in [-0.05, 0) is 64.6 Å². The summed E-state index contributed by atoms with van der Waals surface area (Å²) < 4.78 is 2.16. The molecule has 0 heterocycles. The molecular weight excluding hydrogens is 391 g/mol. The van der Waals surface area contributed by atoms with E-state index in [0.29, 0.717) is 5.41 Å². The molecule has 0 radical (unpaired) electrons. The molecular formula is C14H20BrIO. The van der Waals surface area contributed by atoms with Crippen LogP contribution in [0.25, 0.3) is 0 Å². The maximum Gasteiger partial charge on any atom is 0.0801 e. The van der Waals surface area contributed by atoms with Crippen molar-refractivity contribution < 1.29 is 5.11 Å². The molecule has 0 bridgehead atoms. The SMILES string of the molecule is CC(C)(C)CCCC(O)c1cc(I)ccc1Br. The molecule has 0 aliphatic heterocycles. The lowest BCUT2D eigenvalue weighted by Gasteiger charge is -2.19. The molecule has 96 valence electrons. The fourth-order valence-corrected chi connectivity index (χ4v) is 2.78. The molecule has 0 saturated heterocycles. The number of rotatable bonds is 4. The summed E-state index contributed by atoms with van der Waals surface area (Å²) in [7, 11) is 0. The summed E-state index contributed by atoms with van der Waals surface area (Å²) in [6.45, 7) is 6.71. The second-order valence-electron chi connectivity index (χ2n) is 5.63. The molecule has 0 spiro atoms. The van der Waals surface area contributed by atoms with Crippen LogP contribution < -0.4 is 0 Å². The minimum Gasteiger partial charge on any atom is -0.388 e. The van der Waals surface area contributed by atoms with Gasteiger partial charge in [0.25, 0.3) is 0 Å². The van der Waals surface area contributed by atoms with E-state index >= 15 is 0 Å². The van der Waals surface area contributed by atoms with Gasteiger partial charge in [0.2, 0.25) is 0 Å². The van der Waals surface area contributed by atoms with Gasteiger partial charge in [0.15, 0.2) is 0 Å². The Morgan fingerprint density at radius 1 is 1.35 bits per heavy atom. The molecule has 0 saturated carbocycles. The second-order valence-corrected chi connectivity index (χ2v) is 7.73. The normalized spacial score (nSPS) is 13.8. The van der Waals surface area contributed by atoms with Gasteiger partial charge in [-0.2, -0.15) is 0 Å². The number of aliphatic hydroxyl groups is 1. The van der Waals surface area contributed by atoms with E-state index in [1.54, 1.807) is 0 Å². The predicted molar refractivity (Wildman–Crippen MR) is 85.1 cm³/mol. The Hall–Kier alpha value is 0.390. The van der Waals surface area contributed by atoms with Crippen molar-refractivity contribution in [3.8, 4) is 0 Å². The van der Waals surface area contributed by atoms with Gasteiger partial charge in [-0.3, -0.25) is 0 Å². The summed E-state index contributed by atoms with van der Waals surface area (Å²) in [6, 6.07) is 6.09. The van der Waals surface area contributed by atoms with Crippen LogP contribution in [0.2, 0.25) is 0 Å². The molecule has 0 fully saturated rings. The van der Waals surface area contributed by atoms with E-state index in [1.165, 1.54) is 0 Å². The average Bonchev–Trinajstić information content (AvgIpc) is 2.19. The van der Waals surface area contributed by atoms with Gasteiger partial charge in [0, 0.05) is 8.04 Å². The largest absolute Gasteiger partial charge is 0.388 e. The van der Waals surface area contributed by atoms with E-state index in [-0.39, 0.29) is 6.10 Å². The van der Waals surface area contributed by atoms with Gasteiger partial charge in [-0.25, -0.2) is 0 Å². The van der Waals surface area contributed by atoms with Gasteiger partial charge >= 0.3 is 0 Å². The first-order valence-electron chi connectivity index (χ1n) is 5.92. The number of hydrogen-bond acceptors (Lipinski definition) is 1. The molecule has 1 N–H and O–H groups in total. The fourth-order valence-electron chi connectivity index (χ4n) is 1.75. The Labute approximate surface area is 126 Å². The zero-order chi connectivity index (χ0) is 13.1. The molecule has 17 heavy (non-hydrogen) atoms. The smallest absolute Gasteiger partial charge is 0.0801 e. The number of hydrogen-bond donors (Lipinski definition) is 1. The van der Waals surface area contributed by atoms with Crippen molar-refractivity contribution in [2.45, 2.75) is 46.1 Å². The molecule has 1 nitrogen and oxygen atoms in total. The lowest BCUT2D eigenvalue weighted by atomic mass is 9.88. The van der Waals surface area contributed by atoms with Crippen LogP contribution in [0.15, 0.2) is 22.7 Å². The summed E-state index contributed by atoms with van der Waals surface area (Å²) >= 11 is 5.77. The van der Waals surface area contributed by atoms with Crippen LogP contribution in [-0.2, 0) is 0 Å². The Morgan fingerprint density at radius 2 is 2.00 bits per heavy atom. The van der Waals surface area contributed by atoms with E-state index in [9.17, 15) is 5.11 Å².